The number of halogens is 2. The fraction of sp³-hybridized carbons (Fsp3) is 0.368. The number of benzene rings is 2. The van der Waals surface area contributed by atoms with E-state index < -0.39 is 0 Å². The SMILES string of the molecule is CC(CC(C)(C)C)c1ccc(-c2cc(Cl)cc(Cl)c2)cc1. The highest BCUT2D eigenvalue weighted by molar-refractivity contribution is 6.35. The topological polar surface area (TPSA) is 0 Å². The van der Waals surface area contributed by atoms with Crippen LogP contribution in [0, 0.1) is 5.41 Å². The van der Waals surface area contributed by atoms with Gasteiger partial charge in [0.2, 0.25) is 0 Å². The molecule has 0 fully saturated rings. The summed E-state index contributed by atoms with van der Waals surface area (Å²) in [6.45, 7) is 9.14. The maximum Gasteiger partial charge on any atom is 0.0426 e. The molecule has 0 spiro atoms. The number of hydrogen-bond donors (Lipinski definition) is 0. The second kappa shape index (κ2) is 6.42. The molecule has 1 atom stereocenters. The van der Waals surface area contributed by atoms with Gasteiger partial charge in [0.25, 0.3) is 0 Å². The summed E-state index contributed by atoms with van der Waals surface area (Å²) < 4.78 is 0. The largest absolute Gasteiger partial charge is 0.0843 e. The highest BCUT2D eigenvalue weighted by atomic mass is 35.5. The minimum Gasteiger partial charge on any atom is -0.0843 e. The molecule has 0 nitrogen and oxygen atoms in total. The van der Waals surface area contributed by atoms with E-state index in [1.54, 1.807) is 6.07 Å². The van der Waals surface area contributed by atoms with Gasteiger partial charge < -0.3 is 0 Å². The summed E-state index contributed by atoms with van der Waals surface area (Å²) in [6.07, 6.45) is 1.18. The Morgan fingerprint density at radius 3 is 1.86 bits per heavy atom. The van der Waals surface area contributed by atoms with Crippen LogP contribution in [0.25, 0.3) is 11.1 Å². The van der Waals surface area contributed by atoms with Crippen LogP contribution in [0.5, 0.6) is 0 Å². The standard InChI is InChI=1S/C19H22Cl2/c1-13(12-19(2,3)4)14-5-7-15(8-6-14)16-9-17(20)11-18(21)10-16/h5-11,13H,12H2,1-4H3. The van der Waals surface area contributed by atoms with Crippen molar-refractivity contribution < 1.29 is 0 Å². The Bertz CT molecular complexity index is 586. The van der Waals surface area contributed by atoms with Gasteiger partial charge >= 0.3 is 0 Å². The molecule has 1 unspecified atom stereocenters. The van der Waals surface area contributed by atoms with Crippen LogP contribution < -0.4 is 0 Å². The highest BCUT2D eigenvalue weighted by Crippen LogP contribution is 2.32. The minimum atomic E-state index is 0.346. The van der Waals surface area contributed by atoms with Crippen molar-refractivity contribution in [3.05, 3.63) is 58.1 Å². The van der Waals surface area contributed by atoms with E-state index >= 15 is 0 Å². The Balaban J connectivity index is 2.22. The lowest BCUT2D eigenvalue weighted by atomic mass is 9.82. The average Bonchev–Trinajstić information content (AvgIpc) is 2.35. The molecule has 0 saturated carbocycles. The molecule has 112 valence electrons. The number of rotatable bonds is 3. The van der Waals surface area contributed by atoms with Crippen molar-refractivity contribution in [2.45, 2.75) is 40.0 Å². The molecular formula is C19H22Cl2. The van der Waals surface area contributed by atoms with Crippen LogP contribution in [-0.4, -0.2) is 0 Å². The molecule has 0 heterocycles. The van der Waals surface area contributed by atoms with Crippen molar-refractivity contribution in [1.82, 2.24) is 0 Å². The van der Waals surface area contributed by atoms with E-state index in [9.17, 15) is 0 Å². The number of hydrogen-bond acceptors (Lipinski definition) is 0. The fourth-order valence-corrected chi connectivity index (χ4v) is 3.29. The maximum absolute atomic E-state index is 6.07. The molecule has 21 heavy (non-hydrogen) atoms. The van der Waals surface area contributed by atoms with Gasteiger partial charge in [-0.2, -0.15) is 0 Å². The van der Waals surface area contributed by atoms with Crippen LogP contribution in [0.4, 0.5) is 0 Å². The summed E-state index contributed by atoms with van der Waals surface area (Å²) >= 11 is 12.1. The molecule has 0 aliphatic rings. The normalized spacial score (nSPS) is 13.2. The Morgan fingerprint density at radius 2 is 1.38 bits per heavy atom. The fourth-order valence-electron chi connectivity index (χ4n) is 2.76. The molecular weight excluding hydrogens is 299 g/mol. The second-order valence-corrected chi connectivity index (χ2v) is 7.82. The average molecular weight is 321 g/mol. The maximum atomic E-state index is 6.07. The zero-order chi connectivity index (χ0) is 15.6. The summed E-state index contributed by atoms with van der Waals surface area (Å²) in [5, 5.41) is 1.34. The predicted octanol–water partition coefficient (Wildman–Crippen LogP) is 7.20. The summed E-state index contributed by atoms with van der Waals surface area (Å²) in [4.78, 5) is 0. The van der Waals surface area contributed by atoms with Crippen molar-refractivity contribution in [1.29, 1.82) is 0 Å². The van der Waals surface area contributed by atoms with Crippen LogP contribution in [0.3, 0.4) is 0 Å². The summed E-state index contributed by atoms with van der Waals surface area (Å²) in [5.41, 5.74) is 3.92. The molecule has 0 amide bonds. The third-order valence-electron chi connectivity index (χ3n) is 3.59. The van der Waals surface area contributed by atoms with Crippen molar-refractivity contribution in [2.75, 3.05) is 0 Å². The minimum absolute atomic E-state index is 0.346. The van der Waals surface area contributed by atoms with Gasteiger partial charge in [-0.25, -0.2) is 0 Å². The van der Waals surface area contributed by atoms with Crippen LogP contribution in [0.2, 0.25) is 10.0 Å². The molecule has 0 bridgehead atoms. The first-order valence-corrected chi connectivity index (χ1v) is 8.07. The summed E-state index contributed by atoms with van der Waals surface area (Å²) in [7, 11) is 0. The lowest BCUT2D eigenvalue weighted by Crippen LogP contribution is -2.09. The molecule has 2 heteroatoms. The molecule has 0 aliphatic carbocycles. The van der Waals surface area contributed by atoms with Gasteiger partial charge in [-0.15, -0.1) is 0 Å². The van der Waals surface area contributed by atoms with Gasteiger partial charge in [0.15, 0.2) is 0 Å². The zero-order valence-electron chi connectivity index (χ0n) is 13.1. The van der Waals surface area contributed by atoms with E-state index in [1.165, 1.54) is 12.0 Å². The Hall–Kier alpha value is -0.980. The molecule has 0 N–H and O–H groups in total. The first kappa shape index (κ1) is 16.4. The molecule has 0 aromatic heterocycles. The third kappa shape index (κ3) is 4.76. The smallest absolute Gasteiger partial charge is 0.0426 e. The Labute approximate surface area is 138 Å². The monoisotopic (exact) mass is 320 g/mol. The van der Waals surface area contributed by atoms with Crippen LogP contribution in [0.15, 0.2) is 42.5 Å². The first-order valence-electron chi connectivity index (χ1n) is 7.31. The Morgan fingerprint density at radius 1 is 0.857 bits per heavy atom. The van der Waals surface area contributed by atoms with Gasteiger partial charge in [-0.3, -0.25) is 0 Å². The van der Waals surface area contributed by atoms with E-state index in [0.717, 1.165) is 11.1 Å². The molecule has 0 aliphatic heterocycles. The van der Waals surface area contributed by atoms with Gasteiger partial charge in [0.1, 0.15) is 0 Å². The van der Waals surface area contributed by atoms with E-state index in [2.05, 4.69) is 52.0 Å². The van der Waals surface area contributed by atoms with Gasteiger partial charge in [0, 0.05) is 10.0 Å². The highest BCUT2D eigenvalue weighted by Gasteiger charge is 2.16. The van der Waals surface area contributed by atoms with Crippen LogP contribution in [-0.2, 0) is 0 Å². The van der Waals surface area contributed by atoms with Crippen LogP contribution >= 0.6 is 23.2 Å². The van der Waals surface area contributed by atoms with E-state index in [0.29, 0.717) is 21.4 Å². The third-order valence-corrected chi connectivity index (χ3v) is 4.03. The lowest BCUT2D eigenvalue weighted by molar-refractivity contribution is 0.349. The second-order valence-electron chi connectivity index (χ2n) is 6.95. The quantitative estimate of drug-likeness (QED) is 0.560. The zero-order valence-corrected chi connectivity index (χ0v) is 14.6. The van der Waals surface area contributed by atoms with Crippen molar-refractivity contribution in [2.24, 2.45) is 5.41 Å². The van der Waals surface area contributed by atoms with E-state index in [-0.39, 0.29) is 0 Å². The predicted molar refractivity (Wildman–Crippen MR) is 94.4 cm³/mol. The van der Waals surface area contributed by atoms with Gasteiger partial charge in [-0.1, -0.05) is 75.2 Å². The summed E-state index contributed by atoms with van der Waals surface area (Å²) in [6, 6.07) is 14.4. The van der Waals surface area contributed by atoms with E-state index in [4.69, 9.17) is 23.2 Å². The van der Waals surface area contributed by atoms with Crippen LogP contribution in [0.1, 0.15) is 45.6 Å². The first-order chi connectivity index (χ1) is 9.74. The Kier molecular flexibility index (Phi) is 5.01. The van der Waals surface area contributed by atoms with Crippen molar-refractivity contribution in [3.8, 4) is 11.1 Å². The molecule has 2 aromatic carbocycles. The molecule has 2 rings (SSSR count). The van der Waals surface area contributed by atoms with Crippen molar-refractivity contribution >= 4 is 23.2 Å². The lowest BCUT2D eigenvalue weighted by Gasteiger charge is -2.23. The molecule has 2 aromatic rings. The van der Waals surface area contributed by atoms with E-state index in [1.807, 2.05) is 12.1 Å². The van der Waals surface area contributed by atoms with Gasteiger partial charge in [-0.05, 0) is 52.6 Å². The van der Waals surface area contributed by atoms with Gasteiger partial charge in [0.05, 0.1) is 0 Å². The molecule has 0 saturated heterocycles. The summed E-state index contributed by atoms with van der Waals surface area (Å²) in [5.74, 6) is 0.557. The van der Waals surface area contributed by atoms with Crippen molar-refractivity contribution in [3.63, 3.8) is 0 Å². The molecule has 0 radical (unpaired) electrons.